The summed E-state index contributed by atoms with van der Waals surface area (Å²) in [7, 11) is 1.91. The molecule has 1 aliphatic heterocycles. The molecular formula is C17H26N6. The maximum absolute atomic E-state index is 4.77. The minimum Gasteiger partial charge on any atom is -0.353 e. The number of nitrogens with zero attached hydrogens (tertiary/aromatic N) is 6. The van der Waals surface area contributed by atoms with Crippen molar-refractivity contribution in [3.05, 3.63) is 24.8 Å². The van der Waals surface area contributed by atoms with Crippen LogP contribution in [0.25, 0.3) is 11.3 Å². The van der Waals surface area contributed by atoms with E-state index in [4.69, 9.17) is 4.98 Å². The van der Waals surface area contributed by atoms with Crippen LogP contribution >= 0.6 is 0 Å². The van der Waals surface area contributed by atoms with E-state index >= 15 is 0 Å². The van der Waals surface area contributed by atoms with Gasteiger partial charge in [0, 0.05) is 45.0 Å². The first-order valence-corrected chi connectivity index (χ1v) is 8.40. The summed E-state index contributed by atoms with van der Waals surface area (Å²) in [6.07, 6.45) is 8.74. The summed E-state index contributed by atoms with van der Waals surface area (Å²) in [6.45, 7) is 10.0. The Morgan fingerprint density at radius 3 is 2.52 bits per heavy atom. The Morgan fingerprint density at radius 2 is 1.87 bits per heavy atom. The maximum Gasteiger partial charge on any atom is 0.147 e. The largest absolute Gasteiger partial charge is 0.353 e. The lowest BCUT2D eigenvalue weighted by Crippen LogP contribution is -2.47. The van der Waals surface area contributed by atoms with Crippen LogP contribution < -0.4 is 4.90 Å². The molecule has 3 rings (SSSR count). The monoisotopic (exact) mass is 314 g/mol. The van der Waals surface area contributed by atoms with Crippen molar-refractivity contribution in [3.8, 4) is 11.3 Å². The molecule has 124 valence electrons. The van der Waals surface area contributed by atoms with Gasteiger partial charge in [-0.05, 0) is 18.9 Å². The lowest BCUT2D eigenvalue weighted by Gasteiger charge is -2.35. The zero-order valence-corrected chi connectivity index (χ0v) is 14.3. The molecule has 3 heterocycles. The van der Waals surface area contributed by atoms with Gasteiger partial charge >= 0.3 is 0 Å². The number of anilines is 1. The summed E-state index contributed by atoms with van der Waals surface area (Å²) in [4.78, 5) is 14.0. The average Bonchev–Trinajstić information content (AvgIpc) is 3.00. The van der Waals surface area contributed by atoms with Gasteiger partial charge in [0.2, 0.25) is 0 Å². The van der Waals surface area contributed by atoms with Gasteiger partial charge in [-0.2, -0.15) is 5.10 Å². The average molecular weight is 314 g/mol. The van der Waals surface area contributed by atoms with Crippen molar-refractivity contribution in [3.63, 3.8) is 0 Å². The minimum atomic E-state index is 0.773. The fourth-order valence-electron chi connectivity index (χ4n) is 2.84. The summed E-state index contributed by atoms with van der Waals surface area (Å²) in [5.41, 5.74) is 1.90. The molecule has 1 saturated heterocycles. The Bertz CT molecular complexity index is 628. The number of hydrogen-bond donors (Lipinski definition) is 0. The van der Waals surface area contributed by atoms with Crippen molar-refractivity contribution in [1.82, 2.24) is 24.6 Å². The number of aromatic nitrogens is 4. The predicted molar refractivity (Wildman–Crippen MR) is 92.3 cm³/mol. The summed E-state index contributed by atoms with van der Waals surface area (Å²) in [5, 5.41) is 4.21. The van der Waals surface area contributed by atoms with Gasteiger partial charge in [0.1, 0.15) is 5.82 Å². The molecule has 0 amide bonds. The lowest BCUT2D eigenvalue weighted by atomic mass is 10.1. The highest BCUT2D eigenvalue weighted by molar-refractivity contribution is 5.58. The molecule has 1 aliphatic rings. The Kier molecular flexibility index (Phi) is 4.91. The van der Waals surface area contributed by atoms with E-state index in [2.05, 4.69) is 33.7 Å². The Hall–Kier alpha value is -1.95. The molecule has 0 radical (unpaired) electrons. The van der Waals surface area contributed by atoms with Crippen molar-refractivity contribution in [2.45, 2.75) is 20.3 Å². The first-order chi connectivity index (χ1) is 11.1. The third-order valence-corrected chi connectivity index (χ3v) is 4.34. The molecule has 6 heteroatoms. The number of piperazine rings is 1. The quantitative estimate of drug-likeness (QED) is 0.845. The highest BCUT2D eigenvalue weighted by Gasteiger charge is 2.18. The molecule has 0 spiro atoms. The van der Waals surface area contributed by atoms with Gasteiger partial charge in [0.25, 0.3) is 0 Å². The normalized spacial score (nSPS) is 16.3. The first-order valence-electron chi connectivity index (χ1n) is 8.40. The van der Waals surface area contributed by atoms with Crippen LogP contribution in [-0.2, 0) is 7.05 Å². The van der Waals surface area contributed by atoms with E-state index in [-0.39, 0.29) is 0 Å². The molecule has 1 fully saturated rings. The standard InChI is InChI=1S/C17H26N6/c1-14(2)4-5-22-6-8-23(9-7-22)17-12-18-11-16(20-17)15-10-19-21(3)13-15/h10-14H,4-9H2,1-3H3. The topological polar surface area (TPSA) is 50.1 Å². The fraction of sp³-hybridized carbons (Fsp3) is 0.588. The summed E-state index contributed by atoms with van der Waals surface area (Å²) in [6, 6.07) is 0. The van der Waals surface area contributed by atoms with E-state index in [9.17, 15) is 0 Å². The fourth-order valence-corrected chi connectivity index (χ4v) is 2.84. The second kappa shape index (κ2) is 7.08. The number of rotatable bonds is 5. The van der Waals surface area contributed by atoms with Crippen LogP contribution in [0.2, 0.25) is 0 Å². The van der Waals surface area contributed by atoms with E-state index in [1.165, 1.54) is 13.0 Å². The van der Waals surface area contributed by atoms with Crippen molar-refractivity contribution in [1.29, 1.82) is 0 Å². The Balaban J connectivity index is 1.62. The van der Waals surface area contributed by atoms with Crippen LogP contribution in [0.3, 0.4) is 0 Å². The van der Waals surface area contributed by atoms with Gasteiger partial charge in [0.15, 0.2) is 0 Å². The maximum atomic E-state index is 4.77. The van der Waals surface area contributed by atoms with Crippen molar-refractivity contribution < 1.29 is 0 Å². The summed E-state index contributed by atoms with van der Waals surface area (Å²) >= 11 is 0. The Morgan fingerprint density at radius 1 is 1.09 bits per heavy atom. The van der Waals surface area contributed by atoms with Gasteiger partial charge < -0.3 is 4.90 Å². The van der Waals surface area contributed by atoms with Crippen LogP contribution in [0.5, 0.6) is 0 Å². The smallest absolute Gasteiger partial charge is 0.147 e. The molecule has 0 unspecified atom stereocenters. The van der Waals surface area contributed by atoms with Crippen LogP contribution in [0.4, 0.5) is 5.82 Å². The van der Waals surface area contributed by atoms with Crippen LogP contribution in [0, 0.1) is 5.92 Å². The Labute approximate surface area is 138 Å². The first kappa shape index (κ1) is 15.9. The number of aryl methyl sites for hydroxylation is 1. The summed E-state index contributed by atoms with van der Waals surface area (Å²) < 4.78 is 1.79. The minimum absolute atomic E-state index is 0.773. The van der Waals surface area contributed by atoms with Crippen LogP contribution in [0.15, 0.2) is 24.8 Å². The van der Waals surface area contributed by atoms with Gasteiger partial charge in [-0.3, -0.25) is 14.6 Å². The van der Waals surface area contributed by atoms with Gasteiger partial charge in [-0.25, -0.2) is 4.98 Å². The predicted octanol–water partition coefficient (Wildman–Crippen LogP) is 2.05. The zero-order valence-electron chi connectivity index (χ0n) is 14.3. The van der Waals surface area contributed by atoms with Gasteiger partial charge in [-0.1, -0.05) is 13.8 Å². The van der Waals surface area contributed by atoms with E-state index in [1.54, 1.807) is 10.9 Å². The second-order valence-corrected chi connectivity index (χ2v) is 6.68. The van der Waals surface area contributed by atoms with Gasteiger partial charge in [0.05, 0.1) is 24.3 Å². The summed E-state index contributed by atoms with van der Waals surface area (Å²) in [5.74, 6) is 1.74. The molecule has 0 bridgehead atoms. The SMILES string of the molecule is CC(C)CCN1CCN(c2cncc(-c3cnn(C)c3)n2)CC1. The molecular weight excluding hydrogens is 288 g/mol. The van der Waals surface area contributed by atoms with E-state index in [0.717, 1.165) is 49.2 Å². The van der Waals surface area contributed by atoms with Gasteiger partial charge in [-0.15, -0.1) is 0 Å². The molecule has 0 saturated carbocycles. The molecule has 0 aromatic carbocycles. The van der Waals surface area contributed by atoms with Crippen molar-refractivity contribution >= 4 is 5.82 Å². The number of hydrogen-bond acceptors (Lipinski definition) is 5. The molecule has 6 nitrogen and oxygen atoms in total. The highest BCUT2D eigenvalue weighted by atomic mass is 15.3. The van der Waals surface area contributed by atoms with Crippen molar-refractivity contribution in [2.24, 2.45) is 13.0 Å². The second-order valence-electron chi connectivity index (χ2n) is 6.68. The zero-order chi connectivity index (χ0) is 16.2. The molecule has 2 aromatic rings. The molecule has 23 heavy (non-hydrogen) atoms. The van der Waals surface area contributed by atoms with Crippen LogP contribution in [0.1, 0.15) is 20.3 Å². The molecule has 2 aromatic heterocycles. The van der Waals surface area contributed by atoms with E-state index in [0.29, 0.717) is 0 Å². The third kappa shape index (κ3) is 4.07. The van der Waals surface area contributed by atoms with Crippen LogP contribution in [-0.4, -0.2) is 57.4 Å². The lowest BCUT2D eigenvalue weighted by molar-refractivity contribution is 0.243. The molecule has 0 aliphatic carbocycles. The highest BCUT2D eigenvalue weighted by Crippen LogP contribution is 2.19. The molecule has 0 N–H and O–H groups in total. The van der Waals surface area contributed by atoms with E-state index < -0.39 is 0 Å². The van der Waals surface area contributed by atoms with Crippen molar-refractivity contribution in [2.75, 3.05) is 37.6 Å². The van der Waals surface area contributed by atoms with E-state index in [1.807, 2.05) is 25.6 Å². The molecule has 0 atom stereocenters. The third-order valence-electron chi connectivity index (χ3n) is 4.34.